The van der Waals surface area contributed by atoms with E-state index >= 15 is 0 Å². The summed E-state index contributed by atoms with van der Waals surface area (Å²) in [6, 6.07) is 1.74. The number of rotatable bonds is 8. The Morgan fingerprint density at radius 1 is 1.33 bits per heavy atom. The van der Waals surface area contributed by atoms with Crippen molar-refractivity contribution in [2.24, 2.45) is 11.6 Å². The summed E-state index contributed by atoms with van der Waals surface area (Å²) in [5.74, 6) is 5.59. The Hall–Kier alpha value is -2.79. The van der Waals surface area contributed by atoms with Crippen molar-refractivity contribution >= 4 is 17.8 Å². The van der Waals surface area contributed by atoms with E-state index in [1.165, 1.54) is 4.68 Å². The smallest absolute Gasteiger partial charge is 0.257 e. The summed E-state index contributed by atoms with van der Waals surface area (Å²) < 4.78 is 6.48. The number of amides is 1. The van der Waals surface area contributed by atoms with Gasteiger partial charge in [0.05, 0.1) is 6.61 Å². The van der Waals surface area contributed by atoms with E-state index in [-0.39, 0.29) is 19.2 Å². The second-order valence-corrected chi connectivity index (χ2v) is 3.82. The third-order valence-corrected chi connectivity index (χ3v) is 2.24. The maximum Gasteiger partial charge on any atom is 0.257 e. The number of nitrogen functional groups attached to an aromatic ring is 1. The molecule has 0 aliphatic rings. The van der Waals surface area contributed by atoms with E-state index in [0.29, 0.717) is 18.4 Å². The van der Waals surface area contributed by atoms with E-state index in [9.17, 15) is 4.79 Å². The number of hydrogen-bond donors (Lipinski definition) is 4. The fourth-order valence-corrected chi connectivity index (χ4v) is 1.41. The molecule has 112 valence electrons. The summed E-state index contributed by atoms with van der Waals surface area (Å²) in [6.07, 6.45) is 3.29. The van der Waals surface area contributed by atoms with E-state index in [2.05, 4.69) is 30.8 Å². The third kappa shape index (κ3) is 4.36. The summed E-state index contributed by atoms with van der Waals surface area (Å²) in [5, 5.41) is 6.94. The molecule has 0 aliphatic carbocycles. The molecule has 0 saturated heterocycles. The van der Waals surface area contributed by atoms with E-state index in [0.717, 1.165) is 0 Å². The van der Waals surface area contributed by atoms with E-state index in [4.69, 9.17) is 16.3 Å². The number of hydrogen-bond acceptors (Lipinski definition) is 9. The number of ether oxygens (including phenoxy) is 1. The molecule has 0 bridgehead atoms. The average Bonchev–Trinajstić information content (AvgIpc) is 3.00. The molecule has 0 spiro atoms. The quantitative estimate of drug-likeness (QED) is 0.251. The van der Waals surface area contributed by atoms with Crippen molar-refractivity contribution in [3.8, 4) is 5.95 Å². The maximum atomic E-state index is 10.5. The van der Waals surface area contributed by atoms with Crippen LogP contribution in [-0.4, -0.2) is 50.4 Å². The first kappa shape index (κ1) is 14.6. The van der Waals surface area contributed by atoms with Crippen LogP contribution in [-0.2, 0) is 9.53 Å². The van der Waals surface area contributed by atoms with Crippen LogP contribution in [0.2, 0.25) is 0 Å². The molecule has 2 rings (SSSR count). The Morgan fingerprint density at radius 3 is 2.81 bits per heavy atom. The van der Waals surface area contributed by atoms with Gasteiger partial charge in [0.1, 0.15) is 6.61 Å². The van der Waals surface area contributed by atoms with Crippen molar-refractivity contribution in [1.29, 1.82) is 0 Å². The van der Waals surface area contributed by atoms with Gasteiger partial charge in [-0.1, -0.05) is 0 Å². The Labute approximate surface area is 119 Å². The highest BCUT2D eigenvalue weighted by Crippen LogP contribution is 2.07. The summed E-state index contributed by atoms with van der Waals surface area (Å²) in [5.41, 5.74) is 7.30. The summed E-state index contributed by atoms with van der Waals surface area (Å²) in [6.45, 7) is 0.532. The number of anilines is 2. The normalized spacial score (nSPS) is 10.3. The Kier molecular flexibility index (Phi) is 4.95. The fourth-order valence-electron chi connectivity index (χ4n) is 1.41. The number of nitrogens with one attached hydrogen (secondary N) is 2. The van der Waals surface area contributed by atoms with Gasteiger partial charge in [-0.3, -0.25) is 10.2 Å². The lowest BCUT2D eigenvalue weighted by Gasteiger charge is -2.08. The number of nitrogens with two attached hydrogens (primary N) is 2. The first-order valence-corrected chi connectivity index (χ1v) is 6.01. The molecule has 0 unspecified atom stereocenters. The molecule has 11 nitrogen and oxygen atoms in total. The van der Waals surface area contributed by atoms with Crippen LogP contribution in [0, 0.1) is 0 Å². The lowest BCUT2D eigenvalue weighted by molar-refractivity contribution is -0.122. The predicted molar refractivity (Wildman–Crippen MR) is 73.3 cm³/mol. The predicted octanol–water partition coefficient (Wildman–Crippen LogP) is -1.74. The Bertz CT molecular complexity index is 586. The highest BCUT2D eigenvalue weighted by Gasteiger charge is 2.07. The molecule has 0 aliphatic heterocycles. The van der Waals surface area contributed by atoms with Crippen LogP contribution in [0.3, 0.4) is 0 Å². The van der Waals surface area contributed by atoms with Gasteiger partial charge in [-0.2, -0.15) is 20.1 Å². The first-order chi connectivity index (χ1) is 10.2. The maximum absolute atomic E-state index is 10.5. The molecule has 0 radical (unpaired) electrons. The minimum absolute atomic E-state index is 0.132. The van der Waals surface area contributed by atoms with Gasteiger partial charge >= 0.3 is 0 Å². The summed E-state index contributed by atoms with van der Waals surface area (Å²) in [4.78, 5) is 22.8. The molecule has 2 aromatic rings. The van der Waals surface area contributed by atoms with Gasteiger partial charge in [-0.25, -0.2) is 10.5 Å². The van der Waals surface area contributed by atoms with Crippen LogP contribution < -0.4 is 22.3 Å². The lowest BCUT2D eigenvalue weighted by Crippen LogP contribution is -2.21. The zero-order chi connectivity index (χ0) is 15.1. The SMILES string of the molecule is NNc1nc(NCCOCC(N)=O)nc(-n2cccn2)n1. The largest absolute Gasteiger partial charge is 0.370 e. The highest BCUT2D eigenvalue weighted by atomic mass is 16.5. The summed E-state index contributed by atoms with van der Waals surface area (Å²) >= 11 is 0. The van der Waals surface area contributed by atoms with Crippen LogP contribution in [0.5, 0.6) is 0 Å². The molecule has 21 heavy (non-hydrogen) atoms. The molecule has 0 aromatic carbocycles. The summed E-state index contributed by atoms with van der Waals surface area (Å²) in [7, 11) is 0. The second-order valence-electron chi connectivity index (χ2n) is 3.82. The minimum atomic E-state index is -0.522. The molecule has 11 heteroatoms. The average molecular weight is 293 g/mol. The first-order valence-electron chi connectivity index (χ1n) is 6.01. The number of hydrazine groups is 1. The van der Waals surface area contributed by atoms with Crippen molar-refractivity contribution in [2.75, 3.05) is 30.5 Å². The van der Waals surface area contributed by atoms with Gasteiger partial charge in [-0.15, -0.1) is 0 Å². The second kappa shape index (κ2) is 7.12. The number of nitrogens with zero attached hydrogens (tertiary/aromatic N) is 5. The van der Waals surface area contributed by atoms with E-state index in [1.54, 1.807) is 18.5 Å². The number of carbonyl (C=O) groups excluding carboxylic acids is 1. The topological polar surface area (TPSA) is 159 Å². The zero-order valence-corrected chi connectivity index (χ0v) is 11.1. The standard InChI is InChI=1S/C10H15N9O2/c11-7(20)6-21-5-3-13-8-15-9(18-12)17-10(16-8)19-4-1-2-14-19/h1-2,4H,3,5-6,12H2,(H2,11,20)(H2,13,15,16,17,18). The van der Waals surface area contributed by atoms with Crippen molar-refractivity contribution in [3.05, 3.63) is 18.5 Å². The molecule has 0 saturated carbocycles. The van der Waals surface area contributed by atoms with Crippen molar-refractivity contribution in [1.82, 2.24) is 24.7 Å². The number of primary amides is 1. The van der Waals surface area contributed by atoms with Gasteiger partial charge in [0.25, 0.3) is 5.95 Å². The minimum Gasteiger partial charge on any atom is -0.370 e. The van der Waals surface area contributed by atoms with Gasteiger partial charge in [0.2, 0.25) is 17.8 Å². The number of aromatic nitrogens is 5. The van der Waals surface area contributed by atoms with Crippen LogP contribution in [0.25, 0.3) is 5.95 Å². The van der Waals surface area contributed by atoms with Gasteiger partial charge in [0.15, 0.2) is 0 Å². The van der Waals surface area contributed by atoms with Crippen molar-refractivity contribution in [3.63, 3.8) is 0 Å². The van der Waals surface area contributed by atoms with Crippen molar-refractivity contribution < 1.29 is 9.53 Å². The van der Waals surface area contributed by atoms with Crippen LogP contribution in [0.4, 0.5) is 11.9 Å². The lowest BCUT2D eigenvalue weighted by atomic mass is 10.6. The van der Waals surface area contributed by atoms with Gasteiger partial charge in [0, 0.05) is 18.9 Å². The monoisotopic (exact) mass is 293 g/mol. The van der Waals surface area contributed by atoms with Crippen LogP contribution in [0.15, 0.2) is 18.5 Å². The molecule has 2 aromatic heterocycles. The zero-order valence-electron chi connectivity index (χ0n) is 11.1. The fraction of sp³-hybridized carbons (Fsp3) is 0.300. The third-order valence-electron chi connectivity index (χ3n) is 2.24. The van der Waals surface area contributed by atoms with Gasteiger partial charge in [-0.05, 0) is 6.07 Å². The molecule has 6 N–H and O–H groups in total. The molecule has 0 fully saturated rings. The molecule has 0 atom stereocenters. The van der Waals surface area contributed by atoms with Crippen LogP contribution >= 0.6 is 0 Å². The Balaban J connectivity index is 1.99. The van der Waals surface area contributed by atoms with E-state index < -0.39 is 5.91 Å². The molecule has 1 amide bonds. The van der Waals surface area contributed by atoms with Gasteiger partial charge < -0.3 is 15.8 Å². The molecule has 2 heterocycles. The number of carbonyl (C=O) groups is 1. The Morgan fingerprint density at radius 2 is 2.14 bits per heavy atom. The highest BCUT2D eigenvalue weighted by molar-refractivity contribution is 5.74. The van der Waals surface area contributed by atoms with E-state index in [1.807, 2.05) is 0 Å². The van der Waals surface area contributed by atoms with Crippen molar-refractivity contribution in [2.45, 2.75) is 0 Å². The molecular formula is C10H15N9O2. The van der Waals surface area contributed by atoms with Crippen LogP contribution in [0.1, 0.15) is 0 Å². The molecular weight excluding hydrogens is 278 g/mol.